The fourth-order valence-electron chi connectivity index (χ4n) is 4.00. The summed E-state index contributed by atoms with van der Waals surface area (Å²) in [6.07, 6.45) is 5.80. The van der Waals surface area contributed by atoms with Gasteiger partial charge in [0, 0.05) is 12.5 Å². The van der Waals surface area contributed by atoms with E-state index in [0.29, 0.717) is 28.6 Å². The topological polar surface area (TPSA) is 104 Å². The molecule has 1 aliphatic carbocycles. The Morgan fingerprint density at radius 3 is 2.59 bits per heavy atom. The number of rotatable bonds is 10. The van der Waals surface area contributed by atoms with Crippen LogP contribution in [0.25, 0.3) is 0 Å². The molecule has 182 valence electrons. The molecule has 1 aromatic carbocycles. The van der Waals surface area contributed by atoms with Crippen molar-refractivity contribution in [2.45, 2.75) is 69.7 Å². The average Bonchev–Trinajstić information content (AvgIpc) is 3.50. The largest absolute Gasteiger partial charge is 0.497 e. The van der Waals surface area contributed by atoms with Gasteiger partial charge in [0.2, 0.25) is 11.0 Å². The van der Waals surface area contributed by atoms with E-state index in [1.165, 1.54) is 42.4 Å². The number of thioether (sulfide) groups is 1. The lowest BCUT2D eigenvalue weighted by atomic mass is 9.90. The van der Waals surface area contributed by atoms with Gasteiger partial charge in [0.25, 0.3) is 0 Å². The molecule has 1 unspecified atom stereocenters. The fourth-order valence-corrected chi connectivity index (χ4v) is 5.74. The summed E-state index contributed by atoms with van der Waals surface area (Å²) in [4.78, 5) is 12.5. The van der Waals surface area contributed by atoms with Crippen molar-refractivity contribution in [2.75, 3.05) is 18.2 Å². The number of benzene rings is 1. The van der Waals surface area contributed by atoms with Crippen molar-refractivity contribution in [2.24, 2.45) is 0 Å². The minimum Gasteiger partial charge on any atom is -0.497 e. The normalized spacial score (nSPS) is 15.1. The lowest BCUT2D eigenvalue weighted by molar-refractivity contribution is -0.113. The predicted octanol–water partition coefficient (Wildman–Crippen LogP) is 5.08. The Labute approximate surface area is 207 Å². The lowest BCUT2D eigenvalue weighted by Crippen LogP contribution is -2.15. The molecular weight excluding hydrogens is 472 g/mol. The number of nitrogens with zero attached hydrogens (tertiary/aromatic N) is 5. The number of methoxy groups -OCH3 is 1. The van der Waals surface area contributed by atoms with E-state index in [0.717, 1.165) is 29.3 Å². The third-order valence-corrected chi connectivity index (χ3v) is 7.74. The van der Waals surface area contributed by atoms with Crippen LogP contribution in [-0.4, -0.2) is 43.7 Å². The predicted molar refractivity (Wildman–Crippen MR) is 133 cm³/mol. The molecule has 0 radical (unpaired) electrons. The quantitative estimate of drug-likeness (QED) is 0.383. The van der Waals surface area contributed by atoms with E-state index >= 15 is 0 Å². The van der Waals surface area contributed by atoms with Gasteiger partial charge in [0.05, 0.1) is 12.9 Å². The summed E-state index contributed by atoms with van der Waals surface area (Å²) >= 11 is 2.83. The highest BCUT2D eigenvalue weighted by Gasteiger charge is 2.22. The van der Waals surface area contributed by atoms with Gasteiger partial charge in [-0.1, -0.05) is 42.4 Å². The van der Waals surface area contributed by atoms with Gasteiger partial charge in [0.1, 0.15) is 16.5 Å². The molecule has 1 fully saturated rings. The maximum Gasteiger partial charge on any atom is 0.236 e. The summed E-state index contributed by atoms with van der Waals surface area (Å²) in [7, 11) is 1.63. The molecule has 2 heterocycles. The van der Waals surface area contributed by atoms with Crippen LogP contribution in [0.1, 0.15) is 68.8 Å². The highest BCUT2D eigenvalue weighted by molar-refractivity contribution is 7.99. The fraction of sp³-hybridized carbons (Fsp3) is 0.522. The van der Waals surface area contributed by atoms with Gasteiger partial charge in [-0.05, 0) is 51.0 Å². The minimum absolute atomic E-state index is 0.133. The van der Waals surface area contributed by atoms with Crippen LogP contribution in [0, 0.1) is 0 Å². The second-order valence-electron chi connectivity index (χ2n) is 8.14. The zero-order valence-electron chi connectivity index (χ0n) is 19.7. The number of amides is 1. The molecule has 9 nitrogen and oxygen atoms in total. The van der Waals surface area contributed by atoms with E-state index < -0.39 is 0 Å². The van der Waals surface area contributed by atoms with Crippen molar-refractivity contribution in [1.29, 1.82) is 0 Å². The molecule has 34 heavy (non-hydrogen) atoms. The summed E-state index contributed by atoms with van der Waals surface area (Å²) in [6, 6.07) is 7.41. The Kier molecular flexibility index (Phi) is 8.39. The zero-order valence-corrected chi connectivity index (χ0v) is 21.3. The minimum atomic E-state index is -0.302. The van der Waals surface area contributed by atoms with Crippen molar-refractivity contribution in [1.82, 2.24) is 25.0 Å². The van der Waals surface area contributed by atoms with Crippen LogP contribution in [0.4, 0.5) is 5.13 Å². The van der Waals surface area contributed by atoms with Gasteiger partial charge >= 0.3 is 0 Å². The van der Waals surface area contributed by atoms with Gasteiger partial charge in [-0.15, -0.1) is 20.4 Å². The van der Waals surface area contributed by atoms with Crippen molar-refractivity contribution in [3.05, 3.63) is 35.1 Å². The number of carbonyl (C=O) groups excluding carboxylic acids is 1. The molecule has 0 aliphatic heterocycles. The van der Waals surface area contributed by atoms with Crippen LogP contribution in [0.2, 0.25) is 0 Å². The number of nitrogens with one attached hydrogen (secondary N) is 1. The number of aromatic nitrogens is 5. The number of carbonyl (C=O) groups is 1. The summed E-state index contributed by atoms with van der Waals surface area (Å²) in [6.45, 7) is 4.62. The molecule has 1 N–H and O–H groups in total. The summed E-state index contributed by atoms with van der Waals surface area (Å²) in [5.74, 6) is 2.76. The molecule has 3 aromatic rings. The van der Waals surface area contributed by atoms with E-state index in [-0.39, 0.29) is 17.8 Å². The van der Waals surface area contributed by atoms with Gasteiger partial charge in [-0.3, -0.25) is 10.1 Å². The number of anilines is 1. The van der Waals surface area contributed by atoms with Crippen LogP contribution in [0.5, 0.6) is 11.5 Å². The highest BCUT2D eigenvalue weighted by Crippen LogP contribution is 2.35. The van der Waals surface area contributed by atoms with Gasteiger partial charge in [-0.25, -0.2) is 0 Å². The van der Waals surface area contributed by atoms with Crippen molar-refractivity contribution >= 4 is 34.1 Å². The third-order valence-electron chi connectivity index (χ3n) is 5.77. The Balaban J connectivity index is 1.32. The summed E-state index contributed by atoms with van der Waals surface area (Å²) in [5.41, 5.74) is 0. The van der Waals surface area contributed by atoms with Crippen LogP contribution < -0.4 is 14.8 Å². The molecule has 0 spiro atoms. The van der Waals surface area contributed by atoms with E-state index in [2.05, 4.69) is 25.7 Å². The molecule has 4 rings (SSSR count). The summed E-state index contributed by atoms with van der Waals surface area (Å²) in [5, 5.41) is 22.2. The molecule has 1 atom stereocenters. The van der Waals surface area contributed by atoms with Crippen LogP contribution in [-0.2, 0) is 11.3 Å². The monoisotopic (exact) mass is 502 g/mol. The second kappa shape index (κ2) is 11.7. The lowest BCUT2D eigenvalue weighted by Gasteiger charge is -2.18. The molecule has 0 saturated heterocycles. The maximum atomic E-state index is 12.5. The van der Waals surface area contributed by atoms with E-state index in [9.17, 15) is 4.79 Å². The van der Waals surface area contributed by atoms with Crippen molar-refractivity contribution in [3.8, 4) is 11.5 Å². The zero-order chi connectivity index (χ0) is 23.9. The molecule has 2 aromatic heterocycles. The maximum absolute atomic E-state index is 12.5. The summed E-state index contributed by atoms with van der Waals surface area (Å²) < 4.78 is 13.2. The van der Waals surface area contributed by atoms with Crippen LogP contribution in [0.3, 0.4) is 0 Å². The Morgan fingerprint density at radius 2 is 1.88 bits per heavy atom. The van der Waals surface area contributed by atoms with Gasteiger partial charge in [-0.2, -0.15) is 0 Å². The Bertz CT molecular complexity index is 1080. The van der Waals surface area contributed by atoms with E-state index in [1.807, 2.05) is 42.7 Å². The number of hydrogen-bond acceptors (Lipinski definition) is 9. The van der Waals surface area contributed by atoms with Gasteiger partial charge < -0.3 is 14.0 Å². The standard InChI is InChI=1S/C23H30N6O3S2/c1-4-29-20(15(2)32-18-12-10-17(31-3)11-13-18)25-28-23(29)33-14-19(30)24-22-27-26-21(34-22)16-8-6-5-7-9-16/h10-13,15-16H,4-9,14H2,1-3H3,(H,24,27,30). The van der Waals surface area contributed by atoms with Crippen LogP contribution >= 0.6 is 23.1 Å². The highest BCUT2D eigenvalue weighted by atomic mass is 32.2. The first-order chi connectivity index (χ1) is 16.6. The number of ether oxygens (including phenoxy) is 2. The Morgan fingerprint density at radius 1 is 1.15 bits per heavy atom. The molecule has 11 heteroatoms. The molecule has 1 aliphatic rings. The second-order valence-corrected chi connectivity index (χ2v) is 10.1. The van der Waals surface area contributed by atoms with E-state index in [4.69, 9.17) is 9.47 Å². The van der Waals surface area contributed by atoms with Crippen molar-refractivity contribution in [3.63, 3.8) is 0 Å². The molecule has 1 saturated carbocycles. The first-order valence-corrected chi connectivity index (χ1v) is 13.4. The SMILES string of the molecule is CCn1c(SCC(=O)Nc2nnc(C3CCCCC3)s2)nnc1C(C)Oc1ccc(OC)cc1. The molecule has 0 bridgehead atoms. The third kappa shape index (κ3) is 6.06. The molecule has 1 amide bonds. The first kappa shape index (κ1) is 24.5. The van der Waals surface area contributed by atoms with Crippen molar-refractivity contribution < 1.29 is 14.3 Å². The Hall–Kier alpha value is -2.66. The molecular formula is C23H30N6O3S2. The average molecular weight is 503 g/mol. The van der Waals surface area contributed by atoms with Crippen LogP contribution in [0.15, 0.2) is 29.4 Å². The van der Waals surface area contributed by atoms with E-state index in [1.54, 1.807) is 7.11 Å². The number of hydrogen-bond donors (Lipinski definition) is 1. The van der Waals surface area contributed by atoms with Gasteiger partial charge in [0.15, 0.2) is 17.1 Å². The smallest absolute Gasteiger partial charge is 0.236 e. The first-order valence-electron chi connectivity index (χ1n) is 11.6.